The highest BCUT2D eigenvalue weighted by Gasteiger charge is 2.36. The summed E-state index contributed by atoms with van der Waals surface area (Å²) in [5, 5.41) is 4.42. The Labute approximate surface area is 104 Å². The summed E-state index contributed by atoms with van der Waals surface area (Å²) in [4.78, 5) is 0. The molecule has 0 aliphatic heterocycles. The van der Waals surface area contributed by atoms with Gasteiger partial charge in [0, 0.05) is 12.4 Å². The molecule has 17 heavy (non-hydrogen) atoms. The zero-order valence-electron chi connectivity index (χ0n) is 11.3. The molecule has 0 amide bonds. The fraction of sp³-hybridized carbons (Fsp3) is 0.786. The molecule has 1 saturated carbocycles. The van der Waals surface area contributed by atoms with Crippen LogP contribution in [0.4, 0.5) is 0 Å². The van der Waals surface area contributed by atoms with Crippen molar-refractivity contribution in [1.82, 2.24) is 9.78 Å². The van der Waals surface area contributed by atoms with Crippen molar-refractivity contribution in [3.05, 3.63) is 18.5 Å². The molecule has 1 fully saturated rings. The van der Waals surface area contributed by atoms with Crippen molar-refractivity contribution < 1.29 is 0 Å². The zero-order valence-corrected chi connectivity index (χ0v) is 11.3. The maximum absolute atomic E-state index is 5.91. The first-order valence-electron chi connectivity index (χ1n) is 6.71. The predicted octanol–water partition coefficient (Wildman–Crippen LogP) is 2.85. The van der Waals surface area contributed by atoms with Crippen molar-refractivity contribution in [2.75, 3.05) is 6.54 Å². The van der Waals surface area contributed by atoms with E-state index in [9.17, 15) is 0 Å². The van der Waals surface area contributed by atoms with Crippen LogP contribution in [0.2, 0.25) is 0 Å². The van der Waals surface area contributed by atoms with Gasteiger partial charge >= 0.3 is 0 Å². The molecule has 0 radical (unpaired) electrons. The minimum atomic E-state index is 0.394. The normalized spacial score (nSPS) is 30.5. The number of hydrogen-bond donors (Lipinski definition) is 1. The Morgan fingerprint density at radius 2 is 2.12 bits per heavy atom. The first-order valence-corrected chi connectivity index (χ1v) is 6.71. The van der Waals surface area contributed by atoms with Gasteiger partial charge in [-0.1, -0.05) is 20.8 Å². The van der Waals surface area contributed by atoms with E-state index < -0.39 is 0 Å². The van der Waals surface area contributed by atoms with Gasteiger partial charge in [0.1, 0.15) is 0 Å². The van der Waals surface area contributed by atoms with E-state index in [0.29, 0.717) is 17.4 Å². The van der Waals surface area contributed by atoms with Gasteiger partial charge in [0.2, 0.25) is 0 Å². The van der Waals surface area contributed by atoms with Crippen LogP contribution in [0, 0.1) is 17.3 Å². The second-order valence-electron chi connectivity index (χ2n) is 6.43. The number of aromatic nitrogens is 2. The van der Waals surface area contributed by atoms with Gasteiger partial charge in [-0.25, -0.2) is 0 Å². The topological polar surface area (TPSA) is 43.8 Å². The molecule has 3 unspecified atom stereocenters. The molecule has 1 aromatic heterocycles. The lowest BCUT2D eigenvalue weighted by Crippen LogP contribution is -2.36. The van der Waals surface area contributed by atoms with Crippen LogP contribution >= 0.6 is 0 Å². The highest BCUT2D eigenvalue weighted by Crippen LogP contribution is 2.44. The van der Waals surface area contributed by atoms with Gasteiger partial charge in [-0.2, -0.15) is 5.10 Å². The lowest BCUT2D eigenvalue weighted by molar-refractivity contribution is 0.0995. The van der Waals surface area contributed by atoms with Gasteiger partial charge in [0.25, 0.3) is 0 Å². The Balaban J connectivity index is 2.15. The molecule has 3 nitrogen and oxygen atoms in total. The van der Waals surface area contributed by atoms with Crippen molar-refractivity contribution in [2.45, 2.75) is 46.1 Å². The molecular formula is C14H25N3. The van der Waals surface area contributed by atoms with Crippen molar-refractivity contribution in [1.29, 1.82) is 0 Å². The van der Waals surface area contributed by atoms with E-state index in [-0.39, 0.29) is 0 Å². The largest absolute Gasteiger partial charge is 0.330 e. The molecule has 96 valence electrons. The minimum absolute atomic E-state index is 0.394. The molecular weight excluding hydrogens is 210 g/mol. The third kappa shape index (κ3) is 2.71. The van der Waals surface area contributed by atoms with Gasteiger partial charge in [-0.15, -0.1) is 0 Å². The van der Waals surface area contributed by atoms with E-state index in [1.807, 2.05) is 12.3 Å². The first-order chi connectivity index (χ1) is 8.02. The van der Waals surface area contributed by atoms with E-state index in [0.717, 1.165) is 12.5 Å². The lowest BCUT2D eigenvalue weighted by atomic mass is 9.68. The molecule has 3 heteroatoms. The smallest absolute Gasteiger partial charge is 0.0562 e. The molecule has 0 spiro atoms. The summed E-state index contributed by atoms with van der Waals surface area (Å²) in [5.41, 5.74) is 6.31. The van der Waals surface area contributed by atoms with Crippen molar-refractivity contribution in [2.24, 2.45) is 23.0 Å². The van der Waals surface area contributed by atoms with E-state index in [1.54, 1.807) is 0 Å². The Bertz CT molecular complexity index is 337. The summed E-state index contributed by atoms with van der Waals surface area (Å²) >= 11 is 0. The molecule has 1 aliphatic rings. The standard InChI is InChI=1S/C14H25N3/c1-14(2,3)12-6-5-11(10-15)13(9-12)17-8-4-7-16-17/h4,7-8,11-13H,5-6,9-10,15H2,1-3H3. The Hall–Kier alpha value is -0.830. The maximum atomic E-state index is 5.91. The lowest BCUT2D eigenvalue weighted by Gasteiger charge is -2.41. The van der Waals surface area contributed by atoms with Crippen molar-refractivity contribution in [3.8, 4) is 0 Å². The molecule has 0 bridgehead atoms. The third-order valence-electron chi connectivity index (χ3n) is 4.35. The summed E-state index contributed by atoms with van der Waals surface area (Å²) in [6, 6.07) is 2.50. The quantitative estimate of drug-likeness (QED) is 0.856. The predicted molar refractivity (Wildman–Crippen MR) is 70.6 cm³/mol. The molecule has 0 saturated heterocycles. The van der Waals surface area contributed by atoms with Gasteiger partial charge in [-0.3, -0.25) is 4.68 Å². The maximum Gasteiger partial charge on any atom is 0.0562 e. The van der Waals surface area contributed by atoms with Gasteiger partial charge in [-0.05, 0) is 49.1 Å². The van der Waals surface area contributed by atoms with E-state index in [1.165, 1.54) is 19.3 Å². The van der Waals surface area contributed by atoms with E-state index in [2.05, 4.69) is 36.7 Å². The number of hydrogen-bond acceptors (Lipinski definition) is 2. The van der Waals surface area contributed by atoms with Crippen LogP contribution in [0.3, 0.4) is 0 Å². The molecule has 0 aromatic carbocycles. The monoisotopic (exact) mass is 235 g/mol. The molecule has 1 heterocycles. The number of nitrogens with zero attached hydrogens (tertiary/aromatic N) is 2. The zero-order chi connectivity index (χ0) is 12.5. The summed E-state index contributed by atoms with van der Waals surface area (Å²) in [6.45, 7) is 7.82. The van der Waals surface area contributed by atoms with Gasteiger partial charge in [0.15, 0.2) is 0 Å². The molecule has 3 atom stereocenters. The summed E-state index contributed by atoms with van der Waals surface area (Å²) in [5.74, 6) is 1.37. The second-order valence-corrected chi connectivity index (χ2v) is 6.43. The molecule has 2 N–H and O–H groups in total. The minimum Gasteiger partial charge on any atom is -0.330 e. The van der Waals surface area contributed by atoms with Crippen LogP contribution in [0.5, 0.6) is 0 Å². The van der Waals surface area contributed by atoms with Crippen molar-refractivity contribution >= 4 is 0 Å². The van der Waals surface area contributed by atoms with Gasteiger partial charge in [0.05, 0.1) is 6.04 Å². The second kappa shape index (κ2) is 4.81. The number of rotatable bonds is 2. The van der Waals surface area contributed by atoms with Crippen LogP contribution in [0.1, 0.15) is 46.1 Å². The fourth-order valence-corrected chi connectivity index (χ4v) is 3.07. The van der Waals surface area contributed by atoms with Crippen LogP contribution in [-0.4, -0.2) is 16.3 Å². The van der Waals surface area contributed by atoms with Crippen molar-refractivity contribution in [3.63, 3.8) is 0 Å². The van der Waals surface area contributed by atoms with Crippen LogP contribution in [0.25, 0.3) is 0 Å². The van der Waals surface area contributed by atoms with Crippen LogP contribution in [-0.2, 0) is 0 Å². The highest BCUT2D eigenvalue weighted by atomic mass is 15.3. The third-order valence-corrected chi connectivity index (χ3v) is 4.35. The van der Waals surface area contributed by atoms with E-state index in [4.69, 9.17) is 5.73 Å². The highest BCUT2D eigenvalue weighted by molar-refractivity contribution is 4.91. The first kappa shape index (κ1) is 12.6. The molecule has 2 rings (SSSR count). The summed E-state index contributed by atoms with van der Waals surface area (Å²) in [7, 11) is 0. The summed E-state index contributed by atoms with van der Waals surface area (Å²) < 4.78 is 2.12. The molecule has 1 aliphatic carbocycles. The SMILES string of the molecule is CC(C)(C)C1CCC(CN)C(n2cccn2)C1. The fourth-order valence-electron chi connectivity index (χ4n) is 3.07. The van der Waals surface area contributed by atoms with Crippen LogP contribution in [0.15, 0.2) is 18.5 Å². The Kier molecular flexibility index (Phi) is 3.57. The average Bonchev–Trinajstić information content (AvgIpc) is 2.80. The van der Waals surface area contributed by atoms with E-state index >= 15 is 0 Å². The number of nitrogens with two attached hydrogens (primary N) is 1. The van der Waals surface area contributed by atoms with Gasteiger partial charge < -0.3 is 5.73 Å². The molecule has 1 aromatic rings. The summed E-state index contributed by atoms with van der Waals surface area (Å²) in [6.07, 6.45) is 7.71. The Morgan fingerprint density at radius 1 is 1.35 bits per heavy atom. The Morgan fingerprint density at radius 3 is 2.65 bits per heavy atom. The van der Waals surface area contributed by atoms with Crippen LogP contribution < -0.4 is 5.73 Å². The average molecular weight is 235 g/mol.